The van der Waals surface area contributed by atoms with Crippen molar-refractivity contribution >= 4 is 29.2 Å². The lowest BCUT2D eigenvalue weighted by molar-refractivity contribution is -0.192. The molecule has 1 amide bonds. The van der Waals surface area contributed by atoms with Crippen LogP contribution in [-0.2, 0) is 9.59 Å². The number of benzene rings is 1. The number of nitrogens with zero attached hydrogens (tertiary/aromatic N) is 3. The first-order chi connectivity index (χ1) is 18.2. The third-order valence-corrected chi connectivity index (χ3v) is 6.57. The fourth-order valence-corrected chi connectivity index (χ4v) is 4.43. The molecule has 40 heavy (non-hydrogen) atoms. The first-order valence-electron chi connectivity index (χ1n) is 11.8. The van der Waals surface area contributed by atoms with Crippen LogP contribution in [0.5, 0.6) is 0 Å². The van der Waals surface area contributed by atoms with Gasteiger partial charge in [-0.15, -0.1) is 0 Å². The number of hydrogen-bond donors (Lipinski definition) is 2. The Bertz CT molecular complexity index is 1060. The number of hydrogen-bond acceptors (Lipinski definition) is 5. The molecule has 0 unspecified atom stereocenters. The standard InChI is InChI=1S/C21H25F6N3O3.C2HF3O2/c1-28-8-10-29(11-9-28)15-6-7-16(18(31)32)17(12-15)30(19(33)21(25,26)27)14-4-2-13(3-5-14)20(22,23)24;3-2(4,5)1(6)7/h6-7,12-14H,2-5,8-11H2,1H3,(H,31,32);(H,6,7)/t13-,14+;. The molecule has 1 heterocycles. The zero-order valence-corrected chi connectivity index (χ0v) is 20.9. The minimum Gasteiger partial charge on any atom is -0.478 e. The molecule has 0 aromatic heterocycles. The quantitative estimate of drug-likeness (QED) is 0.483. The Hall–Kier alpha value is -3.24. The van der Waals surface area contributed by atoms with Gasteiger partial charge in [0.05, 0.1) is 17.2 Å². The lowest BCUT2D eigenvalue weighted by Crippen LogP contribution is -2.50. The van der Waals surface area contributed by atoms with Crippen LogP contribution in [0.15, 0.2) is 18.2 Å². The Labute approximate surface area is 221 Å². The van der Waals surface area contributed by atoms with Crippen molar-refractivity contribution in [1.29, 1.82) is 0 Å². The monoisotopic (exact) mass is 595 g/mol. The van der Waals surface area contributed by atoms with Crippen molar-refractivity contribution in [3.05, 3.63) is 23.8 Å². The number of aliphatic carboxylic acids is 1. The van der Waals surface area contributed by atoms with E-state index in [0.717, 1.165) is 6.07 Å². The van der Waals surface area contributed by atoms with Crippen molar-refractivity contribution < 1.29 is 64.1 Å². The van der Waals surface area contributed by atoms with Gasteiger partial charge in [-0.05, 0) is 50.9 Å². The van der Waals surface area contributed by atoms with Gasteiger partial charge < -0.3 is 24.9 Å². The molecule has 2 N–H and O–H groups in total. The molecule has 0 atom stereocenters. The number of amides is 1. The number of alkyl halides is 9. The molecule has 2 aliphatic rings. The van der Waals surface area contributed by atoms with Crippen LogP contribution in [0.4, 0.5) is 50.9 Å². The first-order valence-corrected chi connectivity index (χ1v) is 11.8. The van der Waals surface area contributed by atoms with Crippen LogP contribution >= 0.6 is 0 Å². The van der Waals surface area contributed by atoms with E-state index in [2.05, 4.69) is 4.90 Å². The van der Waals surface area contributed by atoms with E-state index in [1.807, 2.05) is 11.9 Å². The molecule has 1 saturated heterocycles. The second kappa shape index (κ2) is 12.5. The van der Waals surface area contributed by atoms with Crippen molar-refractivity contribution in [1.82, 2.24) is 4.90 Å². The van der Waals surface area contributed by atoms with E-state index in [4.69, 9.17) is 9.90 Å². The highest BCUT2D eigenvalue weighted by atomic mass is 19.4. The molecule has 1 aromatic carbocycles. The summed E-state index contributed by atoms with van der Waals surface area (Å²) in [4.78, 5) is 37.4. The van der Waals surface area contributed by atoms with Crippen LogP contribution in [0, 0.1) is 5.92 Å². The molecule has 2 fully saturated rings. The Kier molecular flexibility index (Phi) is 10.3. The van der Waals surface area contributed by atoms with Gasteiger partial charge in [-0.3, -0.25) is 4.79 Å². The second-order valence-corrected chi connectivity index (χ2v) is 9.32. The van der Waals surface area contributed by atoms with Gasteiger partial charge in [-0.25, -0.2) is 9.59 Å². The van der Waals surface area contributed by atoms with Gasteiger partial charge in [0.2, 0.25) is 0 Å². The van der Waals surface area contributed by atoms with E-state index in [9.17, 15) is 54.2 Å². The normalized spacial score (nSPS) is 20.8. The SMILES string of the molecule is CN1CCN(c2ccc(C(=O)O)c(N(C(=O)C(F)(F)F)[C@H]3CC[C@@H](C(F)(F)F)CC3)c2)CC1.O=C(O)C(F)(F)F. The van der Waals surface area contributed by atoms with Crippen molar-refractivity contribution in [2.24, 2.45) is 5.92 Å². The van der Waals surface area contributed by atoms with E-state index in [-0.39, 0.29) is 12.8 Å². The minimum atomic E-state index is -5.32. The number of carboxylic acids is 2. The van der Waals surface area contributed by atoms with E-state index in [1.54, 1.807) is 0 Å². The molecule has 1 aliphatic heterocycles. The molecular weight excluding hydrogens is 569 g/mol. The fourth-order valence-electron chi connectivity index (χ4n) is 4.43. The van der Waals surface area contributed by atoms with E-state index in [1.165, 1.54) is 12.1 Å². The average molecular weight is 595 g/mol. The van der Waals surface area contributed by atoms with Crippen molar-refractivity contribution in [2.75, 3.05) is 43.0 Å². The maximum absolute atomic E-state index is 13.5. The Balaban J connectivity index is 0.000000708. The van der Waals surface area contributed by atoms with Crippen LogP contribution in [-0.4, -0.2) is 90.8 Å². The fraction of sp³-hybridized carbons (Fsp3) is 0.609. The molecule has 1 saturated carbocycles. The van der Waals surface area contributed by atoms with E-state index >= 15 is 0 Å². The number of carboxylic acid groups (broad SMARTS) is 2. The van der Waals surface area contributed by atoms with Gasteiger partial charge in [0.25, 0.3) is 0 Å². The Morgan fingerprint density at radius 2 is 1.32 bits per heavy atom. The number of anilines is 2. The van der Waals surface area contributed by atoms with Crippen LogP contribution in [0.3, 0.4) is 0 Å². The third kappa shape index (κ3) is 8.63. The van der Waals surface area contributed by atoms with E-state index in [0.29, 0.717) is 36.8 Å². The summed E-state index contributed by atoms with van der Waals surface area (Å²) in [6.07, 6.45) is -16.4. The molecule has 0 bridgehead atoms. The smallest absolute Gasteiger partial charge is 0.478 e. The molecule has 0 radical (unpaired) electrons. The highest BCUT2D eigenvalue weighted by molar-refractivity contribution is 6.05. The molecule has 17 heteroatoms. The maximum Gasteiger partial charge on any atom is 0.490 e. The molecule has 3 rings (SSSR count). The van der Waals surface area contributed by atoms with Crippen LogP contribution in [0.2, 0.25) is 0 Å². The van der Waals surface area contributed by atoms with Gasteiger partial charge in [-0.2, -0.15) is 39.5 Å². The largest absolute Gasteiger partial charge is 0.490 e. The van der Waals surface area contributed by atoms with Gasteiger partial charge >= 0.3 is 36.4 Å². The number of piperazine rings is 1. The summed E-state index contributed by atoms with van der Waals surface area (Å²) in [6, 6.07) is 2.64. The van der Waals surface area contributed by atoms with Crippen molar-refractivity contribution in [3.8, 4) is 0 Å². The minimum absolute atomic E-state index is 0.316. The summed E-state index contributed by atoms with van der Waals surface area (Å²) < 4.78 is 111. The van der Waals surface area contributed by atoms with Gasteiger partial charge in [0, 0.05) is 37.9 Å². The summed E-state index contributed by atoms with van der Waals surface area (Å²) in [7, 11) is 1.91. The second-order valence-electron chi connectivity index (χ2n) is 9.32. The summed E-state index contributed by atoms with van der Waals surface area (Å²) in [5.41, 5.74) is -0.507. The molecule has 1 aromatic rings. The zero-order valence-electron chi connectivity index (χ0n) is 20.9. The van der Waals surface area contributed by atoms with E-state index < -0.39 is 72.4 Å². The van der Waals surface area contributed by atoms with Gasteiger partial charge in [0.15, 0.2) is 0 Å². The third-order valence-electron chi connectivity index (χ3n) is 6.57. The predicted molar refractivity (Wildman–Crippen MR) is 122 cm³/mol. The number of rotatable bonds is 4. The Morgan fingerprint density at radius 3 is 1.73 bits per heavy atom. The lowest BCUT2D eigenvalue weighted by atomic mass is 9.84. The molecule has 1 aliphatic carbocycles. The predicted octanol–water partition coefficient (Wildman–Crippen LogP) is 4.79. The van der Waals surface area contributed by atoms with Crippen molar-refractivity contribution in [3.63, 3.8) is 0 Å². The topological polar surface area (TPSA) is 101 Å². The highest BCUT2D eigenvalue weighted by Gasteiger charge is 2.49. The molecule has 226 valence electrons. The van der Waals surface area contributed by atoms with Crippen LogP contribution in [0.1, 0.15) is 36.0 Å². The first kappa shape index (κ1) is 33.0. The number of carbonyl (C=O) groups excluding carboxylic acids is 1. The molecule has 0 spiro atoms. The van der Waals surface area contributed by atoms with Gasteiger partial charge in [-0.1, -0.05) is 0 Å². The number of carbonyl (C=O) groups is 3. The number of likely N-dealkylation sites (N-methyl/N-ethyl adjacent to an activating group) is 1. The van der Waals surface area contributed by atoms with Crippen LogP contribution < -0.4 is 9.80 Å². The molecule has 8 nitrogen and oxygen atoms in total. The Morgan fingerprint density at radius 1 is 0.825 bits per heavy atom. The average Bonchev–Trinajstić information content (AvgIpc) is 2.83. The van der Waals surface area contributed by atoms with Crippen molar-refractivity contribution in [2.45, 2.75) is 50.3 Å². The molecular formula is C23H26F9N3O5. The lowest BCUT2D eigenvalue weighted by Gasteiger charge is -2.39. The number of halogens is 9. The van der Waals surface area contributed by atoms with Gasteiger partial charge in [0.1, 0.15) is 0 Å². The maximum atomic E-state index is 13.5. The summed E-state index contributed by atoms with van der Waals surface area (Å²) in [5, 5.41) is 16.7. The zero-order chi connectivity index (χ0) is 30.6. The summed E-state index contributed by atoms with van der Waals surface area (Å²) in [6.45, 7) is 2.46. The van der Waals surface area contributed by atoms with Crippen LogP contribution in [0.25, 0.3) is 0 Å². The number of aromatic carboxylic acids is 1. The summed E-state index contributed by atoms with van der Waals surface area (Å²) in [5.74, 6) is -8.23. The highest BCUT2D eigenvalue weighted by Crippen LogP contribution is 2.42. The summed E-state index contributed by atoms with van der Waals surface area (Å²) >= 11 is 0.